The third-order valence-corrected chi connectivity index (χ3v) is 2.90. The predicted octanol–water partition coefficient (Wildman–Crippen LogP) is 1.50. The Morgan fingerprint density at radius 1 is 1.29 bits per heavy atom. The van der Waals surface area contributed by atoms with E-state index in [9.17, 15) is 9.59 Å². The van der Waals surface area contributed by atoms with Gasteiger partial charge >= 0.3 is 0 Å². The minimum absolute atomic E-state index is 0.284. The molecule has 0 atom stereocenters. The number of Topliss-reactive ketones (excluding diaryl/α,β-unsaturated/α-hetero) is 2. The van der Waals surface area contributed by atoms with Gasteiger partial charge in [-0.05, 0) is 25.1 Å². The van der Waals surface area contributed by atoms with Crippen LogP contribution in [-0.2, 0) is 4.79 Å². The Morgan fingerprint density at radius 2 is 2.05 bits per heavy atom. The average Bonchev–Trinajstić information content (AvgIpc) is 2.93. The molecular weight excluding hydrogens is 268 g/mol. The van der Waals surface area contributed by atoms with Crippen LogP contribution >= 0.6 is 0 Å². The van der Waals surface area contributed by atoms with E-state index in [-0.39, 0.29) is 5.56 Å². The molecule has 0 saturated carbocycles. The van der Waals surface area contributed by atoms with Crippen LogP contribution in [0.2, 0.25) is 0 Å². The summed E-state index contributed by atoms with van der Waals surface area (Å²) in [5.41, 5.74) is 1.24. The van der Waals surface area contributed by atoms with E-state index in [1.165, 1.54) is 17.0 Å². The number of pyridine rings is 1. The first-order valence-corrected chi connectivity index (χ1v) is 6.43. The van der Waals surface area contributed by atoms with E-state index in [4.69, 9.17) is 0 Å². The summed E-state index contributed by atoms with van der Waals surface area (Å²) in [5, 5.41) is 3.96. The molecule has 6 heteroatoms. The van der Waals surface area contributed by atoms with Crippen LogP contribution in [0.4, 0.5) is 0 Å². The van der Waals surface area contributed by atoms with E-state index in [1.807, 2.05) is 6.92 Å². The van der Waals surface area contributed by atoms with Crippen molar-refractivity contribution < 1.29 is 9.59 Å². The molecular formula is C15H16N4O2. The van der Waals surface area contributed by atoms with Gasteiger partial charge in [0, 0.05) is 25.9 Å². The van der Waals surface area contributed by atoms with Crippen molar-refractivity contribution in [1.29, 1.82) is 0 Å². The Morgan fingerprint density at radius 3 is 2.71 bits per heavy atom. The smallest absolute Gasteiger partial charge is 0.249 e. The lowest BCUT2D eigenvalue weighted by Crippen LogP contribution is -2.26. The normalized spacial score (nSPS) is 12.0. The fourth-order valence-corrected chi connectivity index (χ4v) is 1.81. The number of fused-ring (bicyclic) bond motifs is 1. The molecule has 0 N–H and O–H groups in total. The van der Waals surface area contributed by atoms with E-state index >= 15 is 0 Å². The number of nitrogens with zero attached hydrogens (tertiary/aromatic N) is 4. The summed E-state index contributed by atoms with van der Waals surface area (Å²) in [7, 11) is 3.45. The van der Waals surface area contributed by atoms with Crippen molar-refractivity contribution in [3.05, 3.63) is 54.1 Å². The molecule has 0 unspecified atom stereocenters. The molecule has 0 aliphatic rings. The first-order chi connectivity index (χ1) is 10.0. The van der Waals surface area contributed by atoms with Crippen molar-refractivity contribution in [1.82, 2.24) is 19.5 Å². The fourth-order valence-electron chi connectivity index (χ4n) is 1.81. The van der Waals surface area contributed by atoms with E-state index in [0.717, 1.165) is 0 Å². The molecule has 21 heavy (non-hydrogen) atoms. The van der Waals surface area contributed by atoms with E-state index in [0.29, 0.717) is 11.3 Å². The van der Waals surface area contributed by atoms with Crippen LogP contribution in [0.3, 0.4) is 0 Å². The molecule has 0 spiro atoms. The van der Waals surface area contributed by atoms with Crippen LogP contribution in [0.25, 0.3) is 5.65 Å². The number of rotatable bonds is 5. The number of allylic oxidation sites excluding steroid dienone is 4. The minimum Gasteiger partial charge on any atom is -0.374 e. The molecule has 6 nitrogen and oxygen atoms in total. The zero-order chi connectivity index (χ0) is 15.4. The molecule has 2 aromatic heterocycles. The third kappa shape index (κ3) is 3.05. The second kappa shape index (κ2) is 6.13. The Hall–Kier alpha value is -2.76. The van der Waals surface area contributed by atoms with Crippen LogP contribution in [-0.4, -0.2) is 45.2 Å². The van der Waals surface area contributed by atoms with Crippen molar-refractivity contribution in [2.24, 2.45) is 0 Å². The second-order valence-corrected chi connectivity index (χ2v) is 4.61. The summed E-state index contributed by atoms with van der Waals surface area (Å²) in [4.78, 5) is 30.3. The van der Waals surface area contributed by atoms with Gasteiger partial charge in [-0.15, -0.1) is 0 Å². The zero-order valence-electron chi connectivity index (χ0n) is 12.1. The molecule has 0 aromatic carbocycles. The van der Waals surface area contributed by atoms with Gasteiger partial charge < -0.3 is 4.90 Å². The van der Waals surface area contributed by atoms with Gasteiger partial charge in [-0.2, -0.15) is 5.10 Å². The molecule has 0 saturated heterocycles. The van der Waals surface area contributed by atoms with Gasteiger partial charge in [0.15, 0.2) is 5.65 Å². The van der Waals surface area contributed by atoms with E-state index < -0.39 is 11.6 Å². The highest BCUT2D eigenvalue weighted by Crippen LogP contribution is 2.10. The summed E-state index contributed by atoms with van der Waals surface area (Å²) in [6.07, 6.45) is 8.03. The zero-order valence-corrected chi connectivity index (χ0v) is 12.1. The molecule has 2 heterocycles. The van der Waals surface area contributed by atoms with Crippen LogP contribution in [0, 0.1) is 0 Å². The molecule has 2 aromatic rings. The lowest BCUT2D eigenvalue weighted by Gasteiger charge is -2.14. The first-order valence-electron chi connectivity index (χ1n) is 6.43. The molecule has 0 radical (unpaired) electrons. The maximum atomic E-state index is 12.3. The highest BCUT2D eigenvalue weighted by Gasteiger charge is 2.22. The highest BCUT2D eigenvalue weighted by molar-refractivity contribution is 6.48. The Labute approximate surface area is 122 Å². The Balaban J connectivity index is 2.35. The number of likely N-dealkylation sites (N-methyl/N-ethyl adjacent to an activating group) is 1. The van der Waals surface area contributed by atoms with Crippen LogP contribution < -0.4 is 0 Å². The van der Waals surface area contributed by atoms with Gasteiger partial charge in [-0.1, -0.05) is 12.2 Å². The largest absolute Gasteiger partial charge is 0.374 e. The third-order valence-electron chi connectivity index (χ3n) is 2.90. The highest BCUT2D eigenvalue weighted by atomic mass is 16.2. The number of aromatic nitrogens is 3. The summed E-state index contributed by atoms with van der Waals surface area (Å²) < 4.78 is 1.46. The molecule has 0 fully saturated rings. The van der Waals surface area contributed by atoms with Crippen LogP contribution in [0.15, 0.2) is 48.6 Å². The second-order valence-electron chi connectivity index (χ2n) is 4.61. The Bertz CT molecular complexity index is 741. The van der Waals surface area contributed by atoms with Gasteiger partial charge in [0.05, 0.1) is 5.70 Å². The lowest BCUT2D eigenvalue weighted by molar-refractivity contribution is -0.113. The van der Waals surface area contributed by atoms with Crippen molar-refractivity contribution in [2.75, 3.05) is 14.1 Å². The summed E-state index contributed by atoms with van der Waals surface area (Å²) in [6.45, 7) is 1.84. The summed E-state index contributed by atoms with van der Waals surface area (Å²) >= 11 is 0. The fraction of sp³-hybridized carbons (Fsp3) is 0.200. The van der Waals surface area contributed by atoms with Crippen molar-refractivity contribution in [3.63, 3.8) is 0 Å². The number of carbonyl (C=O) groups excluding carboxylic acids is 2. The van der Waals surface area contributed by atoms with Crippen molar-refractivity contribution in [2.45, 2.75) is 6.92 Å². The van der Waals surface area contributed by atoms with Crippen LogP contribution in [0.5, 0.6) is 0 Å². The maximum absolute atomic E-state index is 12.3. The molecule has 2 rings (SSSR count). The maximum Gasteiger partial charge on any atom is 0.249 e. The monoisotopic (exact) mass is 284 g/mol. The number of hydrogen-bond acceptors (Lipinski definition) is 5. The van der Waals surface area contributed by atoms with Crippen LogP contribution in [0.1, 0.15) is 17.3 Å². The average molecular weight is 284 g/mol. The number of hydrogen-bond donors (Lipinski definition) is 0. The topological polar surface area (TPSA) is 67.6 Å². The van der Waals surface area contributed by atoms with Gasteiger partial charge in [0.2, 0.25) is 11.6 Å². The number of ketones is 2. The van der Waals surface area contributed by atoms with E-state index in [1.54, 1.807) is 49.4 Å². The SMILES string of the molecule is C/C=C\C=C(\C(=O)C(=O)c1ccc2ncnn2c1)N(C)C. The summed E-state index contributed by atoms with van der Waals surface area (Å²) in [5.74, 6) is -1.13. The molecule has 0 aliphatic carbocycles. The summed E-state index contributed by atoms with van der Waals surface area (Å²) in [6, 6.07) is 3.23. The molecule has 108 valence electrons. The molecule has 0 aliphatic heterocycles. The van der Waals surface area contributed by atoms with Crippen molar-refractivity contribution in [3.8, 4) is 0 Å². The molecule has 0 amide bonds. The minimum atomic E-state index is -0.572. The van der Waals surface area contributed by atoms with Crippen molar-refractivity contribution >= 4 is 17.2 Å². The number of carbonyl (C=O) groups is 2. The standard InChI is InChI=1S/C15H16N4O2/c1-4-5-6-12(18(2)3)15(21)14(20)11-7-8-13-16-10-17-19(13)9-11/h4-10H,1-3H3/b5-4-,12-6-. The van der Waals surface area contributed by atoms with E-state index in [2.05, 4.69) is 10.1 Å². The van der Waals surface area contributed by atoms with Gasteiger partial charge in [0.25, 0.3) is 0 Å². The van der Waals surface area contributed by atoms with Gasteiger partial charge in [-0.25, -0.2) is 9.50 Å². The predicted molar refractivity (Wildman–Crippen MR) is 78.9 cm³/mol. The molecule has 0 bridgehead atoms. The quantitative estimate of drug-likeness (QED) is 0.360. The van der Waals surface area contributed by atoms with Gasteiger partial charge in [-0.3, -0.25) is 9.59 Å². The first kappa shape index (κ1) is 14.6. The lowest BCUT2D eigenvalue weighted by atomic mass is 10.1. The van der Waals surface area contributed by atoms with Gasteiger partial charge in [0.1, 0.15) is 6.33 Å². The Kier molecular flexibility index (Phi) is 4.27.